The number of nitrogens with one attached hydrogen (secondary N) is 1. The molecule has 2 aliphatic rings. The van der Waals surface area contributed by atoms with Gasteiger partial charge in [-0.1, -0.05) is 24.3 Å². The van der Waals surface area contributed by atoms with Crippen LogP contribution in [-0.2, 0) is 11.8 Å². The van der Waals surface area contributed by atoms with Crippen molar-refractivity contribution in [3.63, 3.8) is 0 Å². The van der Waals surface area contributed by atoms with Crippen LogP contribution in [0.3, 0.4) is 0 Å². The fourth-order valence-corrected chi connectivity index (χ4v) is 3.97. The van der Waals surface area contributed by atoms with Gasteiger partial charge in [-0.3, -0.25) is 0 Å². The average Bonchev–Trinajstić information content (AvgIpc) is 2.90. The Morgan fingerprint density at radius 2 is 2.18 bits per heavy atom. The fraction of sp³-hybridized carbons (Fsp3) is 0.375. The molecule has 6 heteroatoms. The summed E-state index contributed by atoms with van der Waals surface area (Å²) >= 11 is 0. The highest BCUT2D eigenvalue weighted by Crippen LogP contribution is 2.61. The third-order valence-electron chi connectivity index (χ3n) is 5.23. The highest BCUT2D eigenvalue weighted by molar-refractivity contribution is 5.47. The summed E-state index contributed by atoms with van der Waals surface area (Å²) in [6, 6.07) is 12.7. The van der Waals surface area contributed by atoms with Crippen molar-refractivity contribution >= 4 is 11.5 Å². The van der Waals surface area contributed by atoms with Crippen LogP contribution in [-0.4, -0.2) is 31.8 Å². The molecular weight excluding hydrogens is 276 g/mol. The number of nitrogens with zero attached hydrogens (tertiary/aromatic N) is 5. The van der Waals surface area contributed by atoms with Gasteiger partial charge in [-0.2, -0.15) is 0 Å². The zero-order valence-electron chi connectivity index (χ0n) is 12.1. The van der Waals surface area contributed by atoms with E-state index >= 15 is 0 Å². The summed E-state index contributed by atoms with van der Waals surface area (Å²) in [5.41, 5.74) is 4.20. The van der Waals surface area contributed by atoms with Crippen molar-refractivity contribution in [1.82, 2.24) is 25.3 Å². The van der Waals surface area contributed by atoms with E-state index in [-0.39, 0.29) is 0 Å². The van der Waals surface area contributed by atoms with E-state index in [0.29, 0.717) is 17.0 Å². The largest absolute Gasteiger partial charge is 0.368 e. The summed E-state index contributed by atoms with van der Waals surface area (Å²) < 4.78 is 1.45. The quantitative estimate of drug-likeness (QED) is 0.797. The van der Waals surface area contributed by atoms with E-state index in [4.69, 9.17) is 0 Å². The van der Waals surface area contributed by atoms with Gasteiger partial charge in [-0.15, -0.1) is 14.8 Å². The molecule has 0 saturated heterocycles. The first-order chi connectivity index (χ1) is 10.9. The van der Waals surface area contributed by atoms with Crippen molar-refractivity contribution in [3.05, 3.63) is 47.5 Å². The first-order valence-corrected chi connectivity index (χ1v) is 7.73. The molecule has 1 saturated carbocycles. The van der Waals surface area contributed by atoms with Crippen LogP contribution in [0.2, 0.25) is 0 Å². The highest BCUT2D eigenvalue weighted by Gasteiger charge is 2.57. The first-order valence-electron chi connectivity index (χ1n) is 7.73. The maximum Gasteiger partial charge on any atom is 0.200 e. The van der Waals surface area contributed by atoms with E-state index in [2.05, 4.69) is 50.2 Å². The van der Waals surface area contributed by atoms with Crippen molar-refractivity contribution < 1.29 is 0 Å². The van der Waals surface area contributed by atoms with Crippen molar-refractivity contribution in [3.8, 4) is 0 Å². The van der Waals surface area contributed by atoms with Gasteiger partial charge in [-0.05, 0) is 58.9 Å². The lowest BCUT2D eigenvalue weighted by Crippen LogP contribution is -2.14. The summed E-state index contributed by atoms with van der Waals surface area (Å²) in [6.07, 6.45) is 3.80. The molecule has 6 nitrogen and oxygen atoms in total. The maximum absolute atomic E-state index is 4.36. The maximum atomic E-state index is 4.36. The third-order valence-corrected chi connectivity index (χ3v) is 5.23. The molecule has 0 unspecified atom stereocenters. The number of tetrazole rings is 1. The number of aryl methyl sites for hydroxylation is 1. The molecule has 5 rings (SSSR count). The minimum absolute atomic E-state index is 0.419. The van der Waals surface area contributed by atoms with Crippen molar-refractivity contribution in [2.45, 2.75) is 24.7 Å². The molecule has 22 heavy (non-hydrogen) atoms. The summed E-state index contributed by atoms with van der Waals surface area (Å²) in [4.78, 5) is 0. The monoisotopic (exact) mass is 292 g/mol. The normalized spacial score (nSPS) is 25.5. The van der Waals surface area contributed by atoms with Gasteiger partial charge >= 0.3 is 0 Å². The molecule has 1 aromatic carbocycles. The Bertz CT molecular complexity index is 856. The van der Waals surface area contributed by atoms with Crippen LogP contribution in [0, 0.1) is 5.92 Å². The lowest BCUT2D eigenvalue weighted by Gasteiger charge is -2.12. The SMILES string of the molecule is c1ccc2c(c1)CC[C@]21C[C@H]1CNc1ccc2nnnn2n1. The summed E-state index contributed by atoms with van der Waals surface area (Å²) in [7, 11) is 0. The van der Waals surface area contributed by atoms with Gasteiger partial charge in [0.05, 0.1) is 0 Å². The molecule has 3 aromatic rings. The predicted molar refractivity (Wildman–Crippen MR) is 81.6 cm³/mol. The molecule has 1 spiro atoms. The number of rotatable bonds is 3. The number of hydrogen-bond donors (Lipinski definition) is 1. The summed E-state index contributed by atoms with van der Waals surface area (Å²) in [5.74, 6) is 1.52. The number of fused-ring (bicyclic) bond motifs is 3. The molecule has 0 amide bonds. The molecular formula is C16H16N6. The minimum Gasteiger partial charge on any atom is -0.368 e. The number of aromatic nitrogens is 5. The second-order valence-corrected chi connectivity index (χ2v) is 6.34. The molecule has 110 valence electrons. The van der Waals surface area contributed by atoms with Crippen molar-refractivity contribution in [1.29, 1.82) is 0 Å². The first kappa shape index (κ1) is 12.1. The topological polar surface area (TPSA) is 68.0 Å². The van der Waals surface area contributed by atoms with Crippen LogP contribution in [0.25, 0.3) is 5.65 Å². The summed E-state index contributed by atoms with van der Waals surface area (Å²) in [5, 5.41) is 19.1. The number of hydrogen-bond acceptors (Lipinski definition) is 5. The van der Waals surface area contributed by atoms with Gasteiger partial charge in [0.25, 0.3) is 0 Å². The van der Waals surface area contributed by atoms with Crippen LogP contribution in [0.4, 0.5) is 5.82 Å². The average molecular weight is 292 g/mol. The Hall–Kier alpha value is -2.50. The van der Waals surface area contributed by atoms with Gasteiger partial charge in [0, 0.05) is 12.0 Å². The van der Waals surface area contributed by atoms with Crippen LogP contribution >= 0.6 is 0 Å². The minimum atomic E-state index is 0.419. The molecule has 0 bridgehead atoms. The van der Waals surface area contributed by atoms with E-state index in [1.54, 1.807) is 11.1 Å². The number of anilines is 1. The smallest absolute Gasteiger partial charge is 0.200 e. The van der Waals surface area contributed by atoms with Crippen LogP contribution in [0.15, 0.2) is 36.4 Å². The highest BCUT2D eigenvalue weighted by atomic mass is 15.6. The van der Waals surface area contributed by atoms with E-state index in [0.717, 1.165) is 12.4 Å². The fourth-order valence-electron chi connectivity index (χ4n) is 3.97. The molecule has 1 N–H and O–H groups in total. The second-order valence-electron chi connectivity index (χ2n) is 6.34. The van der Waals surface area contributed by atoms with E-state index < -0.39 is 0 Å². The van der Waals surface area contributed by atoms with Gasteiger partial charge < -0.3 is 5.32 Å². The van der Waals surface area contributed by atoms with E-state index in [1.165, 1.54) is 23.9 Å². The van der Waals surface area contributed by atoms with Gasteiger partial charge in [-0.25, -0.2) is 0 Å². The van der Waals surface area contributed by atoms with Crippen molar-refractivity contribution in [2.75, 3.05) is 11.9 Å². The standard InChI is InChI=1S/C16H16N6/c1-2-4-13-11(3-1)7-8-16(13)9-12(16)10-17-14-5-6-15-18-20-21-22(15)19-14/h1-6,12H,7-10H2,(H,17,19)/t12-,16+/m0/s1. The van der Waals surface area contributed by atoms with Crippen LogP contribution in [0.1, 0.15) is 24.0 Å². The molecule has 0 aliphatic heterocycles. The van der Waals surface area contributed by atoms with E-state index in [9.17, 15) is 0 Å². The third kappa shape index (κ3) is 1.66. The number of benzene rings is 1. The Kier molecular flexibility index (Phi) is 2.34. The molecule has 2 aliphatic carbocycles. The zero-order chi connectivity index (χ0) is 14.6. The predicted octanol–water partition coefficient (Wildman–Crippen LogP) is 1.84. The molecule has 1 fully saturated rings. The Morgan fingerprint density at radius 3 is 3.18 bits per heavy atom. The lowest BCUT2D eigenvalue weighted by molar-refractivity contribution is 0.608. The molecule has 0 radical (unpaired) electrons. The molecule has 2 heterocycles. The second kappa shape index (κ2) is 4.25. The molecule has 2 aromatic heterocycles. The molecule has 2 atom stereocenters. The van der Waals surface area contributed by atoms with Crippen LogP contribution < -0.4 is 5.32 Å². The Morgan fingerprint density at radius 1 is 1.23 bits per heavy atom. The van der Waals surface area contributed by atoms with Gasteiger partial charge in [0.1, 0.15) is 5.82 Å². The Balaban J connectivity index is 1.32. The van der Waals surface area contributed by atoms with Gasteiger partial charge in [0.2, 0.25) is 0 Å². The Labute approximate surface area is 127 Å². The van der Waals surface area contributed by atoms with Crippen molar-refractivity contribution in [2.24, 2.45) is 5.92 Å². The lowest BCUT2D eigenvalue weighted by atomic mass is 9.95. The van der Waals surface area contributed by atoms with E-state index in [1.807, 2.05) is 12.1 Å². The zero-order valence-corrected chi connectivity index (χ0v) is 12.1. The van der Waals surface area contributed by atoms with Gasteiger partial charge in [0.15, 0.2) is 5.65 Å². The van der Waals surface area contributed by atoms with Crippen LogP contribution in [0.5, 0.6) is 0 Å². The summed E-state index contributed by atoms with van der Waals surface area (Å²) in [6.45, 7) is 0.953.